The van der Waals surface area contributed by atoms with E-state index in [1.807, 2.05) is 13.0 Å². The first-order valence-corrected chi connectivity index (χ1v) is 7.33. The Balaban J connectivity index is 1.97. The lowest BCUT2D eigenvalue weighted by Gasteiger charge is -2.21. The minimum Gasteiger partial charge on any atom is -0.423 e. The summed E-state index contributed by atoms with van der Waals surface area (Å²) in [6, 6.07) is 4.90. The van der Waals surface area contributed by atoms with E-state index in [1.165, 1.54) is 12.3 Å². The van der Waals surface area contributed by atoms with Crippen LogP contribution >= 0.6 is 0 Å². The average molecular weight is 312 g/mol. The molecule has 0 unspecified atom stereocenters. The van der Waals surface area contributed by atoms with Crippen molar-refractivity contribution in [2.75, 3.05) is 16.3 Å². The van der Waals surface area contributed by atoms with Gasteiger partial charge in [0.05, 0.1) is 17.9 Å². The molecular formula is C15H17BN4O3. The standard InChI is InChI=1S/C15H17BN4O3/c1-10-9-19(14-11(2)13(16(22)23)5-7-18-14)15(21)20(10)12-4-3-6-17-8-12/h3-8,10,22-23H,9H2,1-2H3/t10-/m0/s1. The van der Waals surface area contributed by atoms with E-state index in [0.717, 1.165) is 5.69 Å². The minimum absolute atomic E-state index is 0.0457. The van der Waals surface area contributed by atoms with Crippen molar-refractivity contribution in [2.24, 2.45) is 0 Å². The maximum absolute atomic E-state index is 12.8. The zero-order valence-electron chi connectivity index (χ0n) is 12.9. The fourth-order valence-electron chi connectivity index (χ4n) is 2.87. The molecule has 7 nitrogen and oxygen atoms in total. The third kappa shape index (κ3) is 2.66. The van der Waals surface area contributed by atoms with Crippen molar-refractivity contribution in [1.82, 2.24) is 9.97 Å². The molecule has 23 heavy (non-hydrogen) atoms. The van der Waals surface area contributed by atoms with Crippen LogP contribution in [0.1, 0.15) is 12.5 Å². The normalized spacial score (nSPS) is 17.7. The second-order valence-electron chi connectivity index (χ2n) is 5.55. The maximum atomic E-state index is 12.8. The summed E-state index contributed by atoms with van der Waals surface area (Å²) in [7, 11) is -1.60. The largest absolute Gasteiger partial charge is 0.488 e. The van der Waals surface area contributed by atoms with Gasteiger partial charge < -0.3 is 10.0 Å². The van der Waals surface area contributed by atoms with E-state index in [4.69, 9.17) is 0 Å². The van der Waals surface area contributed by atoms with Gasteiger partial charge in [0.2, 0.25) is 0 Å². The van der Waals surface area contributed by atoms with Crippen LogP contribution < -0.4 is 15.3 Å². The monoisotopic (exact) mass is 312 g/mol. The second kappa shape index (κ2) is 5.98. The van der Waals surface area contributed by atoms with Crippen LogP contribution in [0.3, 0.4) is 0 Å². The fraction of sp³-hybridized carbons (Fsp3) is 0.267. The molecule has 3 rings (SSSR count). The minimum atomic E-state index is -1.60. The zero-order chi connectivity index (χ0) is 16.6. The number of urea groups is 1. The van der Waals surface area contributed by atoms with Gasteiger partial charge >= 0.3 is 13.1 Å². The van der Waals surface area contributed by atoms with Gasteiger partial charge in [0, 0.05) is 18.9 Å². The predicted octanol–water partition coefficient (Wildman–Crippen LogP) is 0.300. The number of carbonyl (C=O) groups excluding carboxylic acids is 1. The van der Waals surface area contributed by atoms with Crippen molar-refractivity contribution in [2.45, 2.75) is 19.9 Å². The van der Waals surface area contributed by atoms with Crippen molar-refractivity contribution in [3.8, 4) is 0 Å². The Bertz CT molecular complexity index is 726. The molecule has 1 saturated heterocycles. The highest BCUT2D eigenvalue weighted by molar-refractivity contribution is 6.59. The number of nitrogens with zero attached hydrogens (tertiary/aromatic N) is 4. The van der Waals surface area contributed by atoms with Crippen molar-refractivity contribution in [3.63, 3.8) is 0 Å². The number of anilines is 2. The first-order chi connectivity index (χ1) is 11.0. The smallest absolute Gasteiger partial charge is 0.423 e. The van der Waals surface area contributed by atoms with Gasteiger partial charge in [-0.15, -0.1) is 0 Å². The van der Waals surface area contributed by atoms with Crippen LogP contribution in [0, 0.1) is 6.92 Å². The molecule has 2 amide bonds. The molecule has 8 heteroatoms. The average Bonchev–Trinajstić information content (AvgIpc) is 2.83. The molecule has 2 N–H and O–H groups in total. The molecule has 1 aliphatic heterocycles. The van der Waals surface area contributed by atoms with Gasteiger partial charge in [-0.1, -0.05) is 0 Å². The quantitative estimate of drug-likeness (QED) is 0.796. The van der Waals surface area contributed by atoms with Crippen molar-refractivity contribution in [1.29, 1.82) is 0 Å². The Morgan fingerprint density at radius 2 is 2.09 bits per heavy atom. The molecule has 0 bridgehead atoms. The summed E-state index contributed by atoms with van der Waals surface area (Å²) < 4.78 is 0. The molecular weight excluding hydrogens is 295 g/mol. The lowest BCUT2D eigenvalue weighted by Crippen LogP contribution is -2.37. The Labute approximate surface area is 134 Å². The molecule has 0 aliphatic carbocycles. The first-order valence-electron chi connectivity index (χ1n) is 7.33. The number of amides is 2. The van der Waals surface area contributed by atoms with E-state index in [1.54, 1.807) is 35.2 Å². The summed E-state index contributed by atoms with van der Waals surface area (Å²) in [5, 5.41) is 18.9. The van der Waals surface area contributed by atoms with E-state index in [0.29, 0.717) is 23.4 Å². The Morgan fingerprint density at radius 1 is 1.30 bits per heavy atom. The van der Waals surface area contributed by atoms with E-state index < -0.39 is 7.12 Å². The Kier molecular flexibility index (Phi) is 4.02. The number of pyridine rings is 2. The lowest BCUT2D eigenvalue weighted by atomic mass is 9.78. The highest BCUT2D eigenvalue weighted by Crippen LogP contribution is 2.28. The van der Waals surface area contributed by atoms with Gasteiger partial charge in [-0.3, -0.25) is 14.8 Å². The van der Waals surface area contributed by atoms with Crippen LogP contribution in [0.25, 0.3) is 0 Å². The summed E-state index contributed by atoms with van der Waals surface area (Å²) in [4.78, 5) is 24.3. The van der Waals surface area contributed by atoms with Gasteiger partial charge in [0.1, 0.15) is 5.82 Å². The van der Waals surface area contributed by atoms with Crippen LogP contribution in [0.4, 0.5) is 16.3 Å². The van der Waals surface area contributed by atoms with Gasteiger partial charge in [-0.25, -0.2) is 9.78 Å². The van der Waals surface area contributed by atoms with Crippen LogP contribution in [-0.4, -0.2) is 45.8 Å². The highest BCUT2D eigenvalue weighted by Gasteiger charge is 2.38. The second-order valence-corrected chi connectivity index (χ2v) is 5.55. The topological polar surface area (TPSA) is 89.8 Å². The van der Waals surface area contributed by atoms with Gasteiger partial charge in [-0.05, 0) is 43.1 Å². The third-order valence-corrected chi connectivity index (χ3v) is 4.00. The number of aromatic nitrogens is 2. The van der Waals surface area contributed by atoms with E-state index in [2.05, 4.69) is 9.97 Å². The van der Waals surface area contributed by atoms with Crippen LogP contribution in [0.5, 0.6) is 0 Å². The molecule has 118 valence electrons. The summed E-state index contributed by atoms with van der Waals surface area (Å²) in [5.41, 5.74) is 1.65. The van der Waals surface area contributed by atoms with Crippen molar-refractivity contribution >= 4 is 30.1 Å². The molecule has 3 heterocycles. The summed E-state index contributed by atoms with van der Waals surface area (Å²) in [6.45, 7) is 4.14. The van der Waals surface area contributed by atoms with Gasteiger partial charge in [0.15, 0.2) is 0 Å². The molecule has 0 saturated carbocycles. The summed E-state index contributed by atoms with van der Waals surface area (Å²) >= 11 is 0. The molecule has 1 aliphatic rings. The number of rotatable bonds is 3. The predicted molar refractivity (Wildman–Crippen MR) is 87.7 cm³/mol. The van der Waals surface area contributed by atoms with Crippen molar-refractivity contribution < 1.29 is 14.8 Å². The molecule has 2 aromatic rings. The van der Waals surface area contributed by atoms with Crippen LogP contribution in [0.2, 0.25) is 0 Å². The molecule has 2 aromatic heterocycles. The third-order valence-electron chi connectivity index (χ3n) is 4.00. The van der Waals surface area contributed by atoms with Crippen LogP contribution in [0.15, 0.2) is 36.8 Å². The van der Waals surface area contributed by atoms with E-state index in [9.17, 15) is 14.8 Å². The highest BCUT2D eigenvalue weighted by atomic mass is 16.4. The van der Waals surface area contributed by atoms with Crippen molar-refractivity contribution in [3.05, 3.63) is 42.4 Å². The number of carbonyl (C=O) groups is 1. The Hall–Kier alpha value is -2.45. The van der Waals surface area contributed by atoms with E-state index in [-0.39, 0.29) is 12.1 Å². The zero-order valence-corrected chi connectivity index (χ0v) is 12.9. The van der Waals surface area contributed by atoms with Gasteiger partial charge in [-0.2, -0.15) is 0 Å². The first kappa shape index (κ1) is 15.5. The number of hydrogen-bond acceptors (Lipinski definition) is 5. The van der Waals surface area contributed by atoms with Crippen LogP contribution in [-0.2, 0) is 0 Å². The Morgan fingerprint density at radius 3 is 2.74 bits per heavy atom. The summed E-state index contributed by atoms with van der Waals surface area (Å²) in [5.74, 6) is 0.443. The molecule has 1 fully saturated rings. The van der Waals surface area contributed by atoms with E-state index >= 15 is 0 Å². The fourth-order valence-corrected chi connectivity index (χ4v) is 2.87. The molecule has 1 atom stereocenters. The molecule has 0 aromatic carbocycles. The summed E-state index contributed by atoms with van der Waals surface area (Å²) in [6.07, 6.45) is 4.78. The lowest BCUT2D eigenvalue weighted by molar-refractivity contribution is 0.255. The number of hydrogen-bond donors (Lipinski definition) is 2. The maximum Gasteiger partial charge on any atom is 0.488 e. The SMILES string of the molecule is Cc1c(B(O)O)ccnc1N1C[C@H](C)N(c2cccnc2)C1=O. The molecule has 0 spiro atoms. The molecule has 0 radical (unpaired) electrons. The van der Waals surface area contributed by atoms with Gasteiger partial charge in [0.25, 0.3) is 0 Å².